The van der Waals surface area contributed by atoms with E-state index in [1.807, 2.05) is 31.2 Å². The van der Waals surface area contributed by atoms with Gasteiger partial charge in [-0.3, -0.25) is 14.4 Å². The van der Waals surface area contributed by atoms with Gasteiger partial charge in [0, 0.05) is 23.2 Å². The Bertz CT molecular complexity index is 1190. The van der Waals surface area contributed by atoms with Crippen molar-refractivity contribution in [3.05, 3.63) is 75.5 Å². The van der Waals surface area contributed by atoms with E-state index in [1.54, 1.807) is 5.38 Å². The molecule has 2 N–H and O–H groups in total. The van der Waals surface area contributed by atoms with Gasteiger partial charge in [0.1, 0.15) is 17.4 Å². The molecule has 164 valence electrons. The van der Waals surface area contributed by atoms with Crippen molar-refractivity contribution >= 4 is 40.5 Å². The molecule has 2 aromatic carbocycles. The standard InChI is InChI=1S/C23H20FN3O4S/c1-13-4-2-3-5-18(13)26-21(29)10-22-25-15(12-32-22)11-31-23(30)17-9-20(28)27-19-8-14(24)6-7-16(17)19/h2-8,12,17H,9-11H2,1H3,(H,26,29)(H,27,28)/t17-/m0/s1. The molecule has 0 saturated heterocycles. The van der Waals surface area contributed by atoms with E-state index in [2.05, 4.69) is 15.6 Å². The van der Waals surface area contributed by atoms with Gasteiger partial charge in [0.2, 0.25) is 11.8 Å². The lowest BCUT2D eigenvalue weighted by Crippen LogP contribution is -2.28. The summed E-state index contributed by atoms with van der Waals surface area (Å²) < 4.78 is 18.8. The quantitative estimate of drug-likeness (QED) is 0.551. The number of para-hydroxylation sites is 1. The lowest BCUT2D eigenvalue weighted by Gasteiger charge is -2.24. The lowest BCUT2D eigenvalue weighted by atomic mass is 9.90. The van der Waals surface area contributed by atoms with Gasteiger partial charge < -0.3 is 15.4 Å². The topological polar surface area (TPSA) is 97.4 Å². The average Bonchev–Trinajstić information content (AvgIpc) is 3.19. The van der Waals surface area contributed by atoms with Gasteiger partial charge in [-0.05, 0) is 36.2 Å². The van der Waals surface area contributed by atoms with Crippen molar-refractivity contribution in [2.45, 2.75) is 32.3 Å². The summed E-state index contributed by atoms with van der Waals surface area (Å²) in [5, 5.41) is 7.74. The molecule has 7 nitrogen and oxygen atoms in total. The van der Waals surface area contributed by atoms with Crippen LogP contribution in [0.3, 0.4) is 0 Å². The van der Waals surface area contributed by atoms with Crippen molar-refractivity contribution in [2.24, 2.45) is 0 Å². The van der Waals surface area contributed by atoms with Crippen LogP contribution in [0.25, 0.3) is 0 Å². The maximum atomic E-state index is 13.5. The first-order valence-electron chi connectivity index (χ1n) is 9.94. The molecule has 3 aromatic rings. The number of esters is 1. The second-order valence-electron chi connectivity index (χ2n) is 7.42. The molecule has 0 spiro atoms. The van der Waals surface area contributed by atoms with Crippen LogP contribution in [0.5, 0.6) is 0 Å². The zero-order chi connectivity index (χ0) is 22.7. The highest BCUT2D eigenvalue weighted by molar-refractivity contribution is 7.09. The molecule has 0 unspecified atom stereocenters. The zero-order valence-corrected chi connectivity index (χ0v) is 18.0. The second-order valence-corrected chi connectivity index (χ2v) is 8.36. The fraction of sp³-hybridized carbons (Fsp3) is 0.217. The molecule has 0 radical (unpaired) electrons. The Morgan fingerprint density at radius 1 is 1.28 bits per heavy atom. The molecular weight excluding hydrogens is 433 g/mol. The number of halogens is 1. The first kappa shape index (κ1) is 21.6. The highest BCUT2D eigenvalue weighted by Crippen LogP contribution is 2.33. The Morgan fingerprint density at radius 3 is 2.91 bits per heavy atom. The van der Waals surface area contributed by atoms with E-state index in [-0.39, 0.29) is 37.0 Å². The zero-order valence-electron chi connectivity index (χ0n) is 17.2. The SMILES string of the molecule is Cc1ccccc1NC(=O)Cc1nc(COC(=O)[C@H]2CC(=O)Nc3cc(F)ccc32)cs1. The minimum absolute atomic E-state index is 0.0706. The van der Waals surface area contributed by atoms with Crippen LogP contribution < -0.4 is 10.6 Å². The maximum absolute atomic E-state index is 13.5. The number of aromatic nitrogens is 1. The van der Waals surface area contributed by atoms with Crippen LogP contribution >= 0.6 is 11.3 Å². The van der Waals surface area contributed by atoms with Crippen LogP contribution in [-0.2, 0) is 32.1 Å². The number of hydrogen-bond acceptors (Lipinski definition) is 6. The summed E-state index contributed by atoms with van der Waals surface area (Å²) in [6, 6.07) is 11.4. The van der Waals surface area contributed by atoms with Crippen molar-refractivity contribution in [2.75, 3.05) is 10.6 Å². The summed E-state index contributed by atoms with van der Waals surface area (Å²) >= 11 is 1.30. The van der Waals surface area contributed by atoms with Crippen molar-refractivity contribution < 1.29 is 23.5 Å². The molecule has 1 aliphatic heterocycles. The minimum Gasteiger partial charge on any atom is -0.459 e. The van der Waals surface area contributed by atoms with Crippen LogP contribution in [0.2, 0.25) is 0 Å². The second kappa shape index (κ2) is 9.27. The first-order chi connectivity index (χ1) is 15.4. The number of ether oxygens (including phenoxy) is 1. The van der Waals surface area contributed by atoms with Crippen LogP contribution in [0, 0.1) is 12.7 Å². The van der Waals surface area contributed by atoms with Crippen LogP contribution in [0.1, 0.15) is 34.2 Å². The summed E-state index contributed by atoms with van der Waals surface area (Å²) in [5.74, 6) is -2.45. The first-order valence-corrected chi connectivity index (χ1v) is 10.8. The number of rotatable bonds is 6. The Hall–Kier alpha value is -3.59. The number of hydrogen-bond donors (Lipinski definition) is 2. The molecule has 1 aromatic heterocycles. The van der Waals surface area contributed by atoms with E-state index >= 15 is 0 Å². The highest BCUT2D eigenvalue weighted by Gasteiger charge is 2.32. The molecule has 0 bridgehead atoms. The molecule has 0 fully saturated rings. The Morgan fingerprint density at radius 2 is 2.09 bits per heavy atom. The van der Waals surface area contributed by atoms with E-state index in [9.17, 15) is 18.8 Å². The molecule has 1 atom stereocenters. The van der Waals surface area contributed by atoms with E-state index in [0.717, 1.165) is 11.3 Å². The molecule has 0 aliphatic carbocycles. The van der Waals surface area contributed by atoms with Gasteiger partial charge in [0.05, 0.1) is 18.0 Å². The van der Waals surface area contributed by atoms with E-state index in [1.165, 1.54) is 29.5 Å². The lowest BCUT2D eigenvalue weighted by molar-refractivity contribution is -0.148. The third kappa shape index (κ3) is 5.00. The monoisotopic (exact) mass is 453 g/mol. The number of nitrogens with zero attached hydrogens (tertiary/aromatic N) is 1. The summed E-state index contributed by atoms with van der Waals surface area (Å²) in [7, 11) is 0. The highest BCUT2D eigenvalue weighted by atomic mass is 32.1. The molecule has 0 saturated carbocycles. The van der Waals surface area contributed by atoms with Gasteiger partial charge in [-0.15, -0.1) is 11.3 Å². The van der Waals surface area contributed by atoms with Gasteiger partial charge >= 0.3 is 5.97 Å². The number of fused-ring (bicyclic) bond motifs is 1. The molecule has 9 heteroatoms. The molecule has 32 heavy (non-hydrogen) atoms. The summed E-state index contributed by atoms with van der Waals surface area (Å²) in [4.78, 5) is 41.1. The number of amides is 2. The number of carbonyl (C=O) groups excluding carboxylic acids is 3. The van der Waals surface area contributed by atoms with Gasteiger partial charge in [-0.25, -0.2) is 9.37 Å². The Labute approximate surface area is 187 Å². The van der Waals surface area contributed by atoms with E-state index in [4.69, 9.17) is 4.74 Å². The van der Waals surface area contributed by atoms with Crippen molar-refractivity contribution in [1.29, 1.82) is 0 Å². The predicted molar refractivity (Wildman–Crippen MR) is 118 cm³/mol. The summed E-state index contributed by atoms with van der Waals surface area (Å²) in [6.45, 7) is 1.83. The number of nitrogens with one attached hydrogen (secondary N) is 2. The van der Waals surface area contributed by atoms with Crippen molar-refractivity contribution in [3.8, 4) is 0 Å². The number of thiazole rings is 1. The van der Waals surface area contributed by atoms with Gasteiger partial charge in [0.15, 0.2) is 0 Å². The van der Waals surface area contributed by atoms with Crippen molar-refractivity contribution in [3.63, 3.8) is 0 Å². The smallest absolute Gasteiger partial charge is 0.314 e. The number of anilines is 2. The molecule has 2 heterocycles. The fourth-order valence-corrected chi connectivity index (χ4v) is 4.21. The average molecular weight is 453 g/mol. The number of benzene rings is 2. The molecule has 1 aliphatic rings. The van der Waals surface area contributed by atoms with Crippen LogP contribution in [0.15, 0.2) is 47.8 Å². The number of aryl methyl sites for hydroxylation is 1. The number of carbonyl (C=O) groups is 3. The molecular formula is C23H20FN3O4S. The van der Waals surface area contributed by atoms with E-state index in [0.29, 0.717) is 16.3 Å². The summed E-state index contributed by atoms with van der Waals surface area (Å²) in [6.07, 6.45) is 0.0353. The van der Waals surface area contributed by atoms with Crippen LogP contribution in [0.4, 0.5) is 15.8 Å². The summed E-state index contributed by atoms with van der Waals surface area (Å²) in [5.41, 5.74) is 3.02. The minimum atomic E-state index is -0.808. The predicted octanol–water partition coefficient (Wildman–Crippen LogP) is 3.94. The van der Waals surface area contributed by atoms with Crippen molar-refractivity contribution in [1.82, 2.24) is 4.98 Å². The normalized spacial score (nSPS) is 14.9. The maximum Gasteiger partial charge on any atom is 0.314 e. The van der Waals surface area contributed by atoms with Gasteiger partial charge in [-0.2, -0.15) is 0 Å². The van der Waals surface area contributed by atoms with Gasteiger partial charge in [-0.1, -0.05) is 24.3 Å². The van der Waals surface area contributed by atoms with E-state index < -0.39 is 17.7 Å². The fourth-order valence-electron chi connectivity index (χ4n) is 3.43. The molecule has 2 amide bonds. The van der Waals surface area contributed by atoms with Crippen LogP contribution in [-0.4, -0.2) is 22.8 Å². The third-order valence-corrected chi connectivity index (χ3v) is 5.93. The molecule has 4 rings (SSSR count). The largest absolute Gasteiger partial charge is 0.459 e. The third-order valence-electron chi connectivity index (χ3n) is 5.03. The Kier molecular flexibility index (Phi) is 6.27. The Balaban J connectivity index is 1.34. The van der Waals surface area contributed by atoms with Gasteiger partial charge in [0.25, 0.3) is 0 Å².